The number of aryl methyl sites for hydroxylation is 1. The molecule has 0 fully saturated rings. The molecule has 4 rings (SSSR count). The predicted molar refractivity (Wildman–Crippen MR) is 129 cm³/mol. The fraction of sp³-hybridized carbons (Fsp3) is 0.480. The van der Waals surface area contributed by atoms with Crippen molar-refractivity contribution in [2.45, 2.75) is 58.6 Å². The predicted octanol–water partition coefficient (Wildman–Crippen LogP) is 5.13. The maximum absolute atomic E-state index is 13.1. The summed E-state index contributed by atoms with van der Waals surface area (Å²) in [5.41, 5.74) is 3.30. The van der Waals surface area contributed by atoms with Gasteiger partial charge in [0.2, 0.25) is 5.95 Å². The monoisotopic (exact) mass is 451 g/mol. The zero-order valence-electron chi connectivity index (χ0n) is 20.1. The third kappa shape index (κ3) is 5.38. The summed E-state index contributed by atoms with van der Waals surface area (Å²) in [5.74, 6) is 2.15. The summed E-state index contributed by atoms with van der Waals surface area (Å²) in [6.45, 7) is 8.74. The molecule has 2 aromatic rings. The van der Waals surface area contributed by atoms with Crippen LogP contribution in [0.2, 0.25) is 0 Å². The summed E-state index contributed by atoms with van der Waals surface area (Å²) in [6.07, 6.45) is 6.34. The third-order valence-electron chi connectivity index (χ3n) is 5.62. The number of hydrogen-bond donors (Lipinski definition) is 2. The maximum atomic E-state index is 13.1. The van der Waals surface area contributed by atoms with E-state index in [4.69, 9.17) is 9.47 Å². The van der Waals surface area contributed by atoms with Gasteiger partial charge in [-0.2, -0.15) is 4.98 Å². The van der Waals surface area contributed by atoms with Gasteiger partial charge in [0.1, 0.15) is 17.2 Å². The zero-order chi connectivity index (χ0) is 23.6. The van der Waals surface area contributed by atoms with Crippen LogP contribution in [-0.4, -0.2) is 46.8 Å². The van der Waals surface area contributed by atoms with Crippen molar-refractivity contribution in [3.63, 3.8) is 0 Å². The average Bonchev–Trinajstić information content (AvgIpc) is 3.07. The van der Waals surface area contributed by atoms with E-state index in [0.717, 1.165) is 53.3 Å². The van der Waals surface area contributed by atoms with Gasteiger partial charge in [-0.05, 0) is 58.2 Å². The van der Waals surface area contributed by atoms with Crippen LogP contribution in [0.4, 0.5) is 22.2 Å². The first-order chi connectivity index (χ1) is 15.7. The fourth-order valence-electron chi connectivity index (χ4n) is 4.23. The molecule has 0 aliphatic carbocycles. The van der Waals surface area contributed by atoms with E-state index < -0.39 is 5.60 Å². The number of rotatable bonds is 4. The molecule has 0 saturated carbocycles. The second-order valence-corrected chi connectivity index (χ2v) is 9.44. The number of fused-ring (bicyclic) bond motifs is 1. The number of ether oxygens (including phenoxy) is 2. The molecule has 2 aliphatic rings. The van der Waals surface area contributed by atoms with Crippen LogP contribution < -0.4 is 15.4 Å². The van der Waals surface area contributed by atoms with Gasteiger partial charge in [-0.3, -0.25) is 4.90 Å². The van der Waals surface area contributed by atoms with Gasteiger partial charge in [-0.1, -0.05) is 12.2 Å². The van der Waals surface area contributed by atoms with Crippen molar-refractivity contribution in [1.29, 1.82) is 0 Å². The SMILES string of the molecule is CNc1cc(C)nc(Nc2cc3c(c(C4CCC=CCN4C(=O)OC(C)(C)C)c2)OCC3)n1. The Morgan fingerprint density at radius 3 is 2.79 bits per heavy atom. The first-order valence-electron chi connectivity index (χ1n) is 11.5. The van der Waals surface area contributed by atoms with E-state index in [0.29, 0.717) is 19.1 Å². The molecule has 1 aromatic carbocycles. The largest absolute Gasteiger partial charge is 0.493 e. The molecular weight excluding hydrogens is 418 g/mol. The topological polar surface area (TPSA) is 88.6 Å². The Morgan fingerprint density at radius 2 is 2.03 bits per heavy atom. The van der Waals surface area contributed by atoms with Gasteiger partial charge >= 0.3 is 6.09 Å². The summed E-state index contributed by atoms with van der Waals surface area (Å²) in [5, 5.41) is 6.42. The van der Waals surface area contributed by atoms with Crippen molar-refractivity contribution in [3.8, 4) is 5.75 Å². The second-order valence-electron chi connectivity index (χ2n) is 9.44. The zero-order valence-corrected chi connectivity index (χ0v) is 20.1. The highest BCUT2D eigenvalue weighted by atomic mass is 16.6. The van der Waals surface area contributed by atoms with E-state index in [1.807, 2.05) is 46.9 Å². The fourth-order valence-corrected chi connectivity index (χ4v) is 4.23. The number of amides is 1. The van der Waals surface area contributed by atoms with Crippen LogP contribution in [0, 0.1) is 6.92 Å². The highest BCUT2D eigenvalue weighted by Crippen LogP contribution is 2.42. The van der Waals surface area contributed by atoms with Crippen LogP contribution in [-0.2, 0) is 11.2 Å². The lowest BCUT2D eigenvalue weighted by atomic mass is 9.96. The molecule has 0 spiro atoms. The maximum Gasteiger partial charge on any atom is 0.411 e. The molecule has 1 amide bonds. The molecule has 2 N–H and O–H groups in total. The molecule has 1 atom stereocenters. The number of hydrogen-bond acceptors (Lipinski definition) is 7. The van der Waals surface area contributed by atoms with Crippen LogP contribution in [0.3, 0.4) is 0 Å². The van der Waals surface area contributed by atoms with Gasteiger partial charge in [-0.15, -0.1) is 0 Å². The van der Waals surface area contributed by atoms with Crippen molar-refractivity contribution in [2.75, 3.05) is 30.8 Å². The van der Waals surface area contributed by atoms with Crippen LogP contribution in [0.25, 0.3) is 0 Å². The summed E-state index contributed by atoms with van der Waals surface area (Å²) >= 11 is 0. The van der Waals surface area contributed by atoms with Gasteiger partial charge in [0.25, 0.3) is 0 Å². The minimum absolute atomic E-state index is 0.158. The smallest absolute Gasteiger partial charge is 0.411 e. The molecule has 8 nitrogen and oxygen atoms in total. The van der Waals surface area contributed by atoms with Crippen molar-refractivity contribution in [3.05, 3.63) is 47.2 Å². The summed E-state index contributed by atoms with van der Waals surface area (Å²) in [7, 11) is 1.84. The van der Waals surface area contributed by atoms with Crippen molar-refractivity contribution in [1.82, 2.24) is 14.9 Å². The average molecular weight is 452 g/mol. The summed E-state index contributed by atoms with van der Waals surface area (Å²) in [6, 6.07) is 5.88. The Labute approximate surface area is 195 Å². The lowest BCUT2D eigenvalue weighted by Crippen LogP contribution is -2.39. The first-order valence-corrected chi connectivity index (χ1v) is 11.5. The van der Waals surface area contributed by atoms with Gasteiger partial charge in [0, 0.05) is 43.0 Å². The number of carbonyl (C=O) groups excluding carboxylic acids is 1. The van der Waals surface area contributed by atoms with Gasteiger partial charge in [-0.25, -0.2) is 9.78 Å². The lowest BCUT2D eigenvalue weighted by Gasteiger charge is -2.33. The standard InChI is InChI=1S/C25H33N5O3/c1-16-13-21(26-5)29-23(27-16)28-18-14-17-10-12-32-22(17)19(15-18)20-9-7-6-8-11-30(20)24(31)33-25(2,3)4/h6,8,13-15,20H,7,9-12H2,1-5H3,(H2,26,27,28,29). The minimum atomic E-state index is -0.562. The van der Waals surface area contributed by atoms with E-state index in [2.05, 4.69) is 38.8 Å². The molecule has 0 saturated heterocycles. The Kier molecular flexibility index (Phi) is 6.44. The Morgan fingerprint density at radius 1 is 1.21 bits per heavy atom. The first kappa shape index (κ1) is 22.9. The molecule has 2 aliphatic heterocycles. The van der Waals surface area contributed by atoms with Crippen molar-refractivity contribution in [2.24, 2.45) is 0 Å². The van der Waals surface area contributed by atoms with E-state index in [1.54, 1.807) is 4.90 Å². The summed E-state index contributed by atoms with van der Waals surface area (Å²) in [4.78, 5) is 24.0. The number of benzene rings is 1. The molecule has 0 radical (unpaired) electrons. The Hall–Kier alpha value is -3.29. The Balaban J connectivity index is 1.71. The molecule has 3 heterocycles. The molecule has 8 heteroatoms. The van der Waals surface area contributed by atoms with Crippen molar-refractivity contribution >= 4 is 23.5 Å². The van der Waals surface area contributed by atoms with Gasteiger partial charge in [0.05, 0.1) is 12.6 Å². The summed E-state index contributed by atoms with van der Waals surface area (Å²) < 4.78 is 11.8. The molecule has 1 unspecified atom stereocenters. The van der Waals surface area contributed by atoms with Crippen LogP contribution >= 0.6 is 0 Å². The molecule has 0 bridgehead atoms. The number of nitrogens with one attached hydrogen (secondary N) is 2. The number of anilines is 3. The van der Waals surface area contributed by atoms with E-state index in [1.165, 1.54) is 0 Å². The number of aromatic nitrogens is 2. The lowest BCUT2D eigenvalue weighted by molar-refractivity contribution is 0.0180. The highest BCUT2D eigenvalue weighted by Gasteiger charge is 2.33. The molecule has 33 heavy (non-hydrogen) atoms. The minimum Gasteiger partial charge on any atom is -0.493 e. The van der Waals surface area contributed by atoms with E-state index >= 15 is 0 Å². The second kappa shape index (κ2) is 9.29. The van der Waals surface area contributed by atoms with Crippen LogP contribution in [0.1, 0.15) is 56.5 Å². The quantitative estimate of drug-likeness (QED) is 0.623. The highest BCUT2D eigenvalue weighted by molar-refractivity contribution is 5.70. The molecular formula is C25H33N5O3. The van der Waals surface area contributed by atoms with Gasteiger partial charge in [0.15, 0.2) is 0 Å². The number of carbonyl (C=O) groups is 1. The van der Waals surface area contributed by atoms with E-state index in [-0.39, 0.29) is 12.1 Å². The van der Waals surface area contributed by atoms with Crippen LogP contribution in [0.15, 0.2) is 30.4 Å². The van der Waals surface area contributed by atoms with Crippen LogP contribution in [0.5, 0.6) is 5.75 Å². The molecule has 1 aromatic heterocycles. The number of allylic oxidation sites excluding steroid dienone is 1. The molecule has 176 valence electrons. The van der Waals surface area contributed by atoms with Gasteiger partial charge < -0.3 is 20.1 Å². The Bertz CT molecular complexity index is 1060. The normalized spacial score (nSPS) is 17.7. The number of nitrogens with zero attached hydrogens (tertiary/aromatic N) is 3. The van der Waals surface area contributed by atoms with Crippen molar-refractivity contribution < 1.29 is 14.3 Å². The van der Waals surface area contributed by atoms with E-state index in [9.17, 15) is 4.79 Å². The third-order valence-corrected chi connectivity index (χ3v) is 5.62.